The Bertz CT molecular complexity index is 470. The van der Waals surface area contributed by atoms with Crippen molar-refractivity contribution in [2.75, 3.05) is 13.7 Å². The zero-order chi connectivity index (χ0) is 15.1. The van der Waals surface area contributed by atoms with Crippen LogP contribution in [0.3, 0.4) is 0 Å². The average molecular weight is 309 g/mol. The van der Waals surface area contributed by atoms with Crippen molar-refractivity contribution in [3.63, 3.8) is 0 Å². The van der Waals surface area contributed by atoms with Crippen LogP contribution in [0.5, 0.6) is 5.75 Å². The van der Waals surface area contributed by atoms with Crippen LogP contribution in [0.15, 0.2) is 18.2 Å². The first kappa shape index (κ1) is 16.5. The second-order valence-electron chi connectivity index (χ2n) is 5.75. The molecule has 1 aromatic rings. The van der Waals surface area contributed by atoms with Gasteiger partial charge < -0.3 is 10.1 Å². The van der Waals surface area contributed by atoms with Gasteiger partial charge in [-0.15, -0.1) is 0 Å². The van der Waals surface area contributed by atoms with Crippen LogP contribution in [-0.2, 0) is 23.1 Å². The van der Waals surface area contributed by atoms with E-state index in [1.165, 1.54) is 18.4 Å². The van der Waals surface area contributed by atoms with E-state index in [2.05, 4.69) is 24.4 Å². The molecule has 0 bridgehead atoms. The molecule has 1 saturated carbocycles. The van der Waals surface area contributed by atoms with Crippen LogP contribution in [0.2, 0.25) is 0 Å². The minimum Gasteiger partial charge on any atom is -0.496 e. The molecule has 0 radical (unpaired) electrons. The number of hydrogen-bond donors (Lipinski definition) is 1. The number of methoxy groups -OCH3 is 1. The molecule has 1 atom stereocenters. The van der Waals surface area contributed by atoms with E-state index >= 15 is 0 Å². The Morgan fingerprint density at radius 1 is 1.33 bits per heavy atom. The van der Waals surface area contributed by atoms with Crippen LogP contribution in [0.25, 0.3) is 0 Å². The van der Waals surface area contributed by atoms with Crippen molar-refractivity contribution in [3.8, 4) is 5.75 Å². The number of nitrogens with one attached hydrogen (secondary N) is 1. The molecule has 0 amide bonds. The van der Waals surface area contributed by atoms with Crippen molar-refractivity contribution in [2.24, 2.45) is 0 Å². The SMILES string of the molecule is CCCNCc1ccc(OC)c(CS(=O)C2CCCC2)c1. The lowest BCUT2D eigenvalue weighted by atomic mass is 10.1. The molecular weight excluding hydrogens is 282 g/mol. The fraction of sp³-hybridized carbons (Fsp3) is 0.647. The highest BCUT2D eigenvalue weighted by Gasteiger charge is 2.22. The summed E-state index contributed by atoms with van der Waals surface area (Å²) in [5.74, 6) is 1.48. The lowest BCUT2D eigenvalue weighted by molar-refractivity contribution is 0.411. The van der Waals surface area contributed by atoms with Gasteiger partial charge in [-0.25, -0.2) is 0 Å². The third-order valence-corrected chi connectivity index (χ3v) is 5.88. The average Bonchev–Trinajstić information content (AvgIpc) is 3.02. The Kier molecular flexibility index (Phi) is 6.71. The van der Waals surface area contributed by atoms with Gasteiger partial charge in [-0.05, 0) is 43.5 Å². The standard InChI is InChI=1S/C17H27NO2S/c1-3-10-18-12-14-8-9-17(20-2)15(11-14)13-21(19)16-6-4-5-7-16/h8-9,11,16,18H,3-7,10,12-13H2,1-2H3. The normalized spacial score (nSPS) is 17.0. The Hall–Kier alpha value is -0.870. The molecule has 0 aromatic heterocycles. The van der Waals surface area contributed by atoms with Gasteiger partial charge in [0, 0.05) is 28.2 Å². The topological polar surface area (TPSA) is 38.3 Å². The Balaban J connectivity index is 2.04. The zero-order valence-electron chi connectivity index (χ0n) is 13.2. The summed E-state index contributed by atoms with van der Waals surface area (Å²) in [7, 11) is 0.913. The van der Waals surface area contributed by atoms with Crippen LogP contribution >= 0.6 is 0 Å². The van der Waals surface area contributed by atoms with Crippen molar-refractivity contribution >= 4 is 10.8 Å². The van der Waals surface area contributed by atoms with Gasteiger partial charge in [0.15, 0.2) is 0 Å². The second kappa shape index (κ2) is 8.54. The van der Waals surface area contributed by atoms with Gasteiger partial charge in [0.25, 0.3) is 0 Å². The Labute approximate surface area is 130 Å². The zero-order valence-corrected chi connectivity index (χ0v) is 14.0. The monoisotopic (exact) mass is 309 g/mol. The van der Waals surface area contributed by atoms with Crippen molar-refractivity contribution < 1.29 is 8.95 Å². The predicted molar refractivity (Wildman–Crippen MR) is 89.1 cm³/mol. The van der Waals surface area contributed by atoms with Gasteiger partial charge >= 0.3 is 0 Å². The summed E-state index contributed by atoms with van der Waals surface area (Å²) in [6.45, 7) is 4.05. The van der Waals surface area contributed by atoms with E-state index in [0.717, 1.165) is 43.7 Å². The highest BCUT2D eigenvalue weighted by molar-refractivity contribution is 7.84. The number of ether oxygens (including phenoxy) is 1. The van der Waals surface area contributed by atoms with E-state index in [0.29, 0.717) is 11.0 Å². The van der Waals surface area contributed by atoms with Crippen LogP contribution in [0.1, 0.15) is 50.2 Å². The molecule has 3 nitrogen and oxygen atoms in total. The second-order valence-corrected chi connectivity index (χ2v) is 7.47. The molecule has 0 saturated heterocycles. The van der Waals surface area contributed by atoms with Crippen LogP contribution < -0.4 is 10.1 Å². The summed E-state index contributed by atoms with van der Waals surface area (Å²) in [6, 6.07) is 6.24. The molecule has 1 unspecified atom stereocenters. The minimum absolute atomic E-state index is 0.386. The summed E-state index contributed by atoms with van der Waals surface area (Å²) >= 11 is 0. The van der Waals surface area contributed by atoms with Crippen molar-refractivity contribution in [3.05, 3.63) is 29.3 Å². The van der Waals surface area contributed by atoms with E-state index in [9.17, 15) is 4.21 Å². The number of hydrogen-bond acceptors (Lipinski definition) is 3. The molecular formula is C17H27NO2S. The molecule has 2 rings (SSSR count). The first-order chi connectivity index (χ1) is 10.2. The molecule has 1 aromatic carbocycles. The molecule has 0 spiro atoms. The van der Waals surface area contributed by atoms with Gasteiger partial charge in [0.05, 0.1) is 12.9 Å². The van der Waals surface area contributed by atoms with Crippen LogP contribution in [0.4, 0.5) is 0 Å². The van der Waals surface area contributed by atoms with E-state index in [4.69, 9.17) is 4.74 Å². The Morgan fingerprint density at radius 2 is 2.10 bits per heavy atom. The van der Waals surface area contributed by atoms with Crippen molar-refractivity contribution in [1.82, 2.24) is 5.32 Å². The highest BCUT2D eigenvalue weighted by atomic mass is 32.2. The molecule has 21 heavy (non-hydrogen) atoms. The lowest BCUT2D eigenvalue weighted by Crippen LogP contribution is -2.15. The van der Waals surface area contributed by atoms with Gasteiger partial charge in [-0.3, -0.25) is 4.21 Å². The third-order valence-electron chi connectivity index (χ3n) is 4.07. The summed E-state index contributed by atoms with van der Waals surface area (Å²) in [5, 5.41) is 3.79. The molecule has 4 heteroatoms. The quantitative estimate of drug-likeness (QED) is 0.748. The Morgan fingerprint density at radius 3 is 2.76 bits per heavy atom. The van der Waals surface area contributed by atoms with Crippen LogP contribution in [-0.4, -0.2) is 23.1 Å². The van der Waals surface area contributed by atoms with Crippen molar-refractivity contribution in [2.45, 2.75) is 56.6 Å². The summed E-state index contributed by atoms with van der Waals surface area (Å²) in [4.78, 5) is 0. The van der Waals surface area contributed by atoms with Gasteiger partial charge in [0.1, 0.15) is 5.75 Å². The van der Waals surface area contributed by atoms with E-state index in [1.807, 2.05) is 6.07 Å². The summed E-state index contributed by atoms with van der Waals surface area (Å²) < 4.78 is 17.9. The lowest BCUT2D eigenvalue weighted by Gasteiger charge is -2.14. The van der Waals surface area contributed by atoms with Gasteiger partial charge in [-0.2, -0.15) is 0 Å². The summed E-state index contributed by atoms with van der Waals surface area (Å²) in [6.07, 6.45) is 5.83. The van der Waals surface area contributed by atoms with E-state index in [1.54, 1.807) is 7.11 Å². The molecule has 118 valence electrons. The largest absolute Gasteiger partial charge is 0.496 e. The van der Waals surface area contributed by atoms with Gasteiger partial charge in [0.2, 0.25) is 0 Å². The fourth-order valence-corrected chi connectivity index (χ4v) is 4.51. The smallest absolute Gasteiger partial charge is 0.123 e. The maximum atomic E-state index is 12.5. The molecule has 0 heterocycles. The number of rotatable bonds is 8. The first-order valence-electron chi connectivity index (χ1n) is 7.98. The number of benzene rings is 1. The maximum Gasteiger partial charge on any atom is 0.123 e. The predicted octanol–water partition coefficient (Wildman–Crippen LogP) is 3.39. The van der Waals surface area contributed by atoms with E-state index in [-0.39, 0.29) is 0 Å². The van der Waals surface area contributed by atoms with Gasteiger partial charge in [-0.1, -0.05) is 25.8 Å². The van der Waals surface area contributed by atoms with Crippen LogP contribution in [0, 0.1) is 0 Å². The minimum atomic E-state index is -0.774. The molecule has 1 fully saturated rings. The fourth-order valence-electron chi connectivity index (χ4n) is 2.89. The summed E-state index contributed by atoms with van der Waals surface area (Å²) in [5.41, 5.74) is 2.32. The van der Waals surface area contributed by atoms with E-state index < -0.39 is 10.8 Å². The highest BCUT2D eigenvalue weighted by Crippen LogP contribution is 2.27. The van der Waals surface area contributed by atoms with Crippen molar-refractivity contribution in [1.29, 1.82) is 0 Å². The molecule has 0 aliphatic heterocycles. The maximum absolute atomic E-state index is 12.5. The molecule has 1 aliphatic carbocycles. The molecule has 1 aliphatic rings. The first-order valence-corrected chi connectivity index (χ1v) is 9.36. The third kappa shape index (κ3) is 4.82. The molecule has 1 N–H and O–H groups in total.